The second-order valence-corrected chi connectivity index (χ2v) is 6.04. The number of rotatable bonds is 9. The fourth-order valence-corrected chi connectivity index (χ4v) is 2.35. The van der Waals surface area contributed by atoms with Gasteiger partial charge in [0.15, 0.2) is 11.5 Å². The summed E-state index contributed by atoms with van der Waals surface area (Å²) in [6.45, 7) is 4.29. The van der Waals surface area contributed by atoms with Crippen LogP contribution < -0.4 is 9.47 Å². The van der Waals surface area contributed by atoms with Crippen LogP contribution in [-0.2, 0) is 16.0 Å². The van der Waals surface area contributed by atoms with E-state index in [0.29, 0.717) is 18.1 Å². The molecule has 138 valence electrons. The van der Waals surface area contributed by atoms with Gasteiger partial charge in [0.2, 0.25) is 0 Å². The molecule has 0 saturated carbocycles. The highest BCUT2D eigenvalue weighted by Gasteiger charge is 2.07. The minimum absolute atomic E-state index is 0.0620. The van der Waals surface area contributed by atoms with Crippen molar-refractivity contribution in [2.24, 2.45) is 0 Å². The molecule has 0 aliphatic carbocycles. The van der Waals surface area contributed by atoms with E-state index < -0.39 is 0 Å². The van der Waals surface area contributed by atoms with Crippen LogP contribution in [0.4, 0.5) is 0 Å². The standard InChI is InChI=1S/C21H25NO4/c1-16(2)26-19-10-8-17(14-20(19)24-3)9-11-21(23)25-13-5-7-18-6-4-12-22-15-18/h4,6,8-12,14-16H,5,7,13H2,1-3H3. The van der Waals surface area contributed by atoms with Gasteiger partial charge in [-0.15, -0.1) is 0 Å². The first kappa shape index (κ1) is 19.5. The number of aromatic nitrogens is 1. The highest BCUT2D eigenvalue weighted by atomic mass is 16.5. The maximum absolute atomic E-state index is 11.8. The van der Waals surface area contributed by atoms with Gasteiger partial charge in [-0.05, 0) is 62.1 Å². The molecule has 0 spiro atoms. The van der Waals surface area contributed by atoms with Gasteiger partial charge in [0, 0.05) is 18.5 Å². The Balaban J connectivity index is 1.81. The van der Waals surface area contributed by atoms with Crippen LogP contribution >= 0.6 is 0 Å². The number of nitrogens with zero attached hydrogens (tertiary/aromatic N) is 1. The van der Waals surface area contributed by atoms with E-state index in [-0.39, 0.29) is 12.1 Å². The predicted molar refractivity (Wildman–Crippen MR) is 101 cm³/mol. The van der Waals surface area contributed by atoms with Gasteiger partial charge in [0.1, 0.15) is 0 Å². The maximum atomic E-state index is 11.8. The first-order chi connectivity index (χ1) is 12.6. The van der Waals surface area contributed by atoms with Crippen molar-refractivity contribution in [3.8, 4) is 11.5 Å². The first-order valence-corrected chi connectivity index (χ1v) is 8.67. The lowest BCUT2D eigenvalue weighted by Crippen LogP contribution is -2.06. The van der Waals surface area contributed by atoms with Gasteiger partial charge in [-0.2, -0.15) is 0 Å². The Morgan fingerprint density at radius 1 is 1.23 bits per heavy atom. The average molecular weight is 355 g/mol. The molecule has 0 fully saturated rings. The summed E-state index contributed by atoms with van der Waals surface area (Å²) < 4.78 is 16.2. The van der Waals surface area contributed by atoms with Gasteiger partial charge in [-0.25, -0.2) is 4.79 Å². The Bertz CT molecular complexity index is 726. The Hall–Kier alpha value is -2.82. The third kappa shape index (κ3) is 6.59. The number of pyridine rings is 1. The van der Waals surface area contributed by atoms with Gasteiger partial charge in [-0.1, -0.05) is 12.1 Å². The number of esters is 1. The number of hydrogen-bond donors (Lipinski definition) is 0. The third-order valence-corrected chi connectivity index (χ3v) is 3.54. The molecule has 0 aliphatic heterocycles. The molecular weight excluding hydrogens is 330 g/mol. The summed E-state index contributed by atoms with van der Waals surface area (Å²) in [6, 6.07) is 9.43. The Morgan fingerprint density at radius 3 is 2.77 bits per heavy atom. The van der Waals surface area contributed by atoms with Crippen LogP contribution in [0.1, 0.15) is 31.4 Å². The van der Waals surface area contributed by atoms with E-state index in [2.05, 4.69) is 4.98 Å². The van der Waals surface area contributed by atoms with Crippen molar-refractivity contribution >= 4 is 12.0 Å². The Morgan fingerprint density at radius 2 is 2.08 bits per heavy atom. The lowest BCUT2D eigenvalue weighted by atomic mass is 10.2. The summed E-state index contributed by atoms with van der Waals surface area (Å²) in [5.74, 6) is 0.945. The van der Waals surface area contributed by atoms with E-state index in [1.54, 1.807) is 19.4 Å². The molecule has 0 saturated heterocycles. The largest absolute Gasteiger partial charge is 0.493 e. The zero-order chi connectivity index (χ0) is 18.8. The molecule has 2 aromatic rings. The van der Waals surface area contributed by atoms with Crippen LogP contribution in [0.5, 0.6) is 11.5 Å². The van der Waals surface area contributed by atoms with Crippen LogP contribution in [0.25, 0.3) is 6.08 Å². The summed E-state index contributed by atoms with van der Waals surface area (Å²) in [7, 11) is 1.59. The molecule has 5 heteroatoms. The number of carbonyl (C=O) groups excluding carboxylic acids is 1. The molecule has 26 heavy (non-hydrogen) atoms. The zero-order valence-electron chi connectivity index (χ0n) is 15.5. The van der Waals surface area contributed by atoms with E-state index in [0.717, 1.165) is 24.0 Å². The third-order valence-electron chi connectivity index (χ3n) is 3.54. The van der Waals surface area contributed by atoms with Crippen LogP contribution in [-0.4, -0.2) is 30.8 Å². The number of benzene rings is 1. The van der Waals surface area contributed by atoms with Gasteiger partial charge < -0.3 is 14.2 Å². The van der Waals surface area contributed by atoms with Crippen molar-refractivity contribution < 1.29 is 19.0 Å². The van der Waals surface area contributed by atoms with Gasteiger partial charge >= 0.3 is 5.97 Å². The monoisotopic (exact) mass is 355 g/mol. The molecule has 1 heterocycles. The molecule has 5 nitrogen and oxygen atoms in total. The Kier molecular flexibility index (Phi) is 7.68. The lowest BCUT2D eigenvalue weighted by Gasteiger charge is -2.13. The van der Waals surface area contributed by atoms with Gasteiger partial charge in [-0.3, -0.25) is 4.98 Å². The normalized spacial score (nSPS) is 10.9. The Labute approximate surface area is 154 Å². The van der Waals surface area contributed by atoms with Crippen molar-refractivity contribution in [3.05, 3.63) is 59.9 Å². The second kappa shape index (κ2) is 10.2. The van der Waals surface area contributed by atoms with Crippen LogP contribution in [0, 0.1) is 0 Å². The van der Waals surface area contributed by atoms with Crippen molar-refractivity contribution in [1.29, 1.82) is 0 Å². The number of hydrogen-bond acceptors (Lipinski definition) is 5. The highest BCUT2D eigenvalue weighted by molar-refractivity contribution is 5.87. The quantitative estimate of drug-likeness (QED) is 0.386. The fourth-order valence-electron chi connectivity index (χ4n) is 2.35. The minimum Gasteiger partial charge on any atom is -0.493 e. The minimum atomic E-state index is -0.363. The molecule has 0 unspecified atom stereocenters. The molecule has 0 aliphatic rings. The molecule has 0 N–H and O–H groups in total. The highest BCUT2D eigenvalue weighted by Crippen LogP contribution is 2.29. The fraction of sp³-hybridized carbons (Fsp3) is 0.333. The van der Waals surface area contributed by atoms with E-state index in [4.69, 9.17) is 14.2 Å². The van der Waals surface area contributed by atoms with Crippen LogP contribution in [0.2, 0.25) is 0 Å². The lowest BCUT2D eigenvalue weighted by molar-refractivity contribution is -0.137. The average Bonchev–Trinajstić information content (AvgIpc) is 2.65. The molecule has 0 atom stereocenters. The van der Waals surface area contributed by atoms with Crippen molar-refractivity contribution in [2.45, 2.75) is 32.8 Å². The van der Waals surface area contributed by atoms with Gasteiger partial charge in [0.25, 0.3) is 0 Å². The molecule has 0 radical (unpaired) electrons. The maximum Gasteiger partial charge on any atom is 0.330 e. The summed E-state index contributed by atoms with van der Waals surface area (Å²) in [4.78, 5) is 15.9. The predicted octanol–water partition coefficient (Wildman–Crippen LogP) is 4.07. The molecule has 0 amide bonds. The summed E-state index contributed by atoms with van der Waals surface area (Å²) >= 11 is 0. The number of aryl methyl sites for hydroxylation is 1. The van der Waals surface area contributed by atoms with E-state index >= 15 is 0 Å². The zero-order valence-corrected chi connectivity index (χ0v) is 15.5. The summed E-state index contributed by atoms with van der Waals surface area (Å²) in [5.41, 5.74) is 1.97. The SMILES string of the molecule is COc1cc(C=CC(=O)OCCCc2cccnc2)ccc1OC(C)C. The number of methoxy groups -OCH3 is 1. The van der Waals surface area contributed by atoms with Crippen LogP contribution in [0.3, 0.4) is 0 Å². The van der Waals surface area contributed by atoms with Crippen molar-refractivity contribution in [1.82, 2.24) is 4.98 Å². The molecule has 0 bridgehead atoms. The smallest absolute Gasteiger partial charge is 0.330 e. The molecule has 1 aromatic heterocycles. The molecule has 1 aromatic carbocycles. The molecular formula is C21H25NO4. The van der Waals surface area contributed by atoms with E-state index in [1.807, 2.05) is 50.4 Å². The van der Waals surface area contributed by atoms with Crippen molar-refractivity contribution in [3.63, 3.8) is 0 Å². The second-order valence-electron chi connectivity index (χ2n) is 6.04. The summed E-state index contributed by atoms with van der Waals surface area (Å²) in [5, 5.41) is 0. The van der Waals surface area contributed by atoms with Gasteiger partial charge in [0.05, 0.1) is 19.8 Å². The van der Waals surface area contributed by atoms with E-state index in [9.17, 15) is 4.79 Å². The first-order valence-electron chi connectivity index (χ1n) is 8.67. The van der Waals surface area contributed by atoms with Crippen LogP contribution in [0.15, 0.2) is 48.8 Å². The van der Waals surface area contributed by atoms with Crippen molar-refractivity contribution in [2.75, 3.05) is 13.7 Å². The summed E-state index contributed by atoms with van der Waals surface area (Å²) in [6.07, 6.45) is 8.34. The number of carbonyl (C=O) groups is 1. The molecule has 2 rings (SSSR count). The topological polar surface area (TPSA) is 57.7 Å². The number of ether oxygens (including phenoxy) is 3. The van der Waals surface area contributed by atoms with E-state index in [1.165, 1.54) is 6.08 Å².